The highest BCUT2D eigenvalue weighted by Gasteiger charge is 2.25. The summed E-state index contributed by atoms with van der Waals surface area (Å²) in [6.45, 7) is 11.2. The third-order valence-corrected chi connectivity index (χ3v) is 3.37. The van der Waals surface area contributed by atoms with Crippen molar-refractivity contribution in [1.82, 2.24) is 10.2 Å². The Labute approximate surface area is 94.2 Å². The summed E-state index contributed by atoms with van der Waals surface area (Å²) in [6, 6.07) is 0.712. The van der Waals surface area contributed by atoms with E-state index in [1.807, 2.05) is 0 Å². The molecule has 1 rings (SSSR count). The van der Waals surface area contributed by atoms with Gasteiger partial charge in [0.25, 0.3) is 0 Å². The Morgan fingerprint density at radius 2 is 2.27 bits per heavy atom. The molecule has 3 atom stereocenters. The third kappa shape index (κ3) is 4.09. The van der Waals surface area contributed by atoms with Crippen molar-refractivity contribution in [3.8, 4) is 0 Å². The zero-order chi connectivity index (χ0) is 11.3. The number of rotatable bonds is 5. The fourth-order valence-electron chi connectivity index (χ4n) is 2.40. The summed E-state index contributed by atoms with van der Waals surface area (Å²) < 4.78 is 5.31. The molecule has 1 N–H and O–H groups in total. The fourth-order valence-corrected chi connectivity index (χ4v) is 2.40. The first-order valence-electron chi connectivity index (χ1n) is 6.15. The van der Waals surface area contributed by atoms with Gasteiger partial charge in [-0.1, -0.05) is 13.8 Å². The first-order valence-corrected chi connectivity index (χ1v) is 6.15. The van der Waals surface area contributed by atoms with Crippen molar-refractivity contribution < 1.29 is 4.74 Å². The molecule has 0 aromatic rings. The van der Waals surface area contributed by atoms with Crippen LogP contribution in [0.15, 0.2) is 0 Å². The van der Waals surface area contributed by atoms with Gasteiger partial charge in [0, 0.05) is 26.2 Å². The Hall–Kier alpha value is -0.120. The van der Waals surface area contributed by atoms with Gasteiger partial charge in [0.1, 0.15) is 0 Å². The number of likely N-dealkylation sites (tertiary alicyclic amines) is 1. The number of methoxy groups -OCH3 is 1. The molecular weight excluding hydrogens is 188 g/mol. The van der Waals surface area contributed by atoms with E-state index in [2.05, 4.69) is 31.0 Å². The summed E-state index contributed by atoms with van der Waals surface area (Å²) in [7, 11) is 1.79. The average molecular weight is 214 g/mol. The first-order chi connectivity index (χ1) is 7.17. The van der Waals surface area contributed by atoms with Gasteiger partial charge in [0.15, 0.2) is 0 Å². The van der Waals surface area contributed by atoms with Crippen molar-refractivity contribution in [2.24, 2.45) is 5.92 Å². The lowest BCUT2D eigenvalue weighted by Gasteiger charge is -2.38. The zero-order valence-corrected chi connectivity index (χ0v) is 10.6. The molecule has 3 nitrogen and oxygen atoms in total. The van der Waals surface area contributed by atoms with Crippen molar-refractivity contribution in [2.45, 2.75) is 39.3 Å². The summed E-state index contributed by atoms with van der Waals surface area (Å²) in [4.78, 5) is 2.52. The molecule has 0 bridgehead atoms. The molecule has 0 amide bonds. The number of piperidine rings is 1. The van der Waals surface area contributed by atoms with Crippen LogP contribution < -0.4 is 5.32 Å². The third-order valence-electron chi connectivity index (χ3n) is 3.37. The first kappa shape index (κ1) is 12.9. The van der Waals surface area contributed by atoms with Crippen LogP contribution in [-0.2, 0) is 4.74 Å². The van der Waals surface area contributed by atoms with Gasteiger partial charge in [-0.3, -0.25) is 0 Å². The number of nitrogens with zero attached hydrogens (tertiary/aromatic N) is 1. The number of nitrogens with one attached hydrogen (secondary N) is 1. The van der Waals surface area contributed by atoms with E-state index >= 15 is 0 Å². The van der Waals surface area contributed by atoms with E-state index in [4.69, 9.17) is 4.74 Å². The van der Waals surface area contributed by atoms with Crippen LogP contribution in [0.5, 0.6) is 0 Å². The molecule has 0 aromatic carbocycles. The van der Waals surface area contributed by atoms with Crippen LogP contribution in [0.25, 0.3) is 0 Å². The predicted octanol–water partition coefficient (Wildman–Crippen LogP) is 1.34. The minimum Gasteiger partial charge on any atom is -0.380 e. The molecule has 0 aromatic heterocycles. The predicted molar refractivity (Wildman–Crippen MR) is 64.2 cm³/mol. The molecule has 3 unspecified atom stereocenters. The van der Waals surface area contributed by atoms with Gasteiger partial charge in [-0.15, -0.1) is 0 Å². The van der Waals surface area contributed by atoms with E-state index in [1.54, 1.807) is 7.11 Å². The molecule has 0 spiro atoms. The number of hydrogen-bond acceptors (Lipinski definition) is 3. The SMILES string of the molecule is CCNC1CCN(CC(C)OC)CC1C. The topological polar surface area (TPSA) is 24.5 Å². The van der Waals surface area contributed by atoms with Crippen LogP contribution >= 0.6 is 0 Å². The van der Waals surface area contributed by atoms with Gasteiger partial charge in [0.05, 0.1) is 6.10 Å². The van der Waals surface area contributed by atoms with Gasteiger partial charge in [0.2, 0.25) is 0 Å². The highest BCUT2D eigenvalue weighted by Crippen LogP contribution is 2.17. The molecule has 1 aliphatic rings. The van der Waals surface area contributed by atoms with Crippen LogP contribution in [0.4, 0.5) is 0 Å². The highest BCUT2D eigenvalue weighted by atomic mass is 16.5. The number of ether oxygens (including phenoxy) is 1. The summed E-state index contributed by atoms with van der Waals surface area (Å²) in [5.41, 5.74) is 0. The minimum absolute atomic E-state index is 0.355. The van der Waals surface area contributed by atoms with Crippen LogP contribution in [0, 0.1) is 5.92 Å². The van der Waals surface area contributed by atoms with Crippen molar-refractivity contribution in [2.75, 3.05) is 33.3 Å². The van der Waals surface area contributed by atoms with Crippen molar-refractivity contribution in [1.29, 1.82) is 0 Å². The van der Waals surface area contributed by atoms with E-state index in [1.165, 1.54) is 19.5 Å². The van der Waals surface area contributed by atoms with E-state index in [9.17, 15) is 0 Å². The van der Waals surface area contributed by atoms with E-state index in [-0.39, 0.29) is 0 Å². The quantitative estimate of drug-likeness (QED) is 0.747. The van der Waals surface area contributed by atoms with Crippen LogP contribution in [0.1, 0.15) is 27.2 Å². The lowest BCUT2D eigenvalue weighted by atomic mass is 9.93. The standard InChI is InChI=1S/C12H26N2O/c1-5-13-12-6-7-14(8-10(12)2)9-11(3)15-4/h10-13H,5-9H2,1-4H3. The minimum atomic E-state index is 0.355. The number of hydrogen-bond donors (Lipinski definition) is 1. The normalized spacial score (nSPS) is 30.4. The van der Waals surface area contributed by atoms with Crippen molar-refractivity contribution in [3.63, 3.8) is 0 Å². The second-order valence-electron chi connectivity index (χ2n) is 4.74. The summed E-state index contributed by atoms with van der Waals surface area (Å²) in [5.74, 6) is 0.753. The Morgan fingerprint density at radius 1 is 1.53 bits per heavy atom. The zero-order valence-electron chi connectivity index (χ0n) is 10.6. The maximum absolute atomic E-state index is 5.31. The molecule has 0 aliphatic carbocycles. The van der Waals surface area contributed by atoms with Crippen molar-refractivity contribution >= 4 is 0 Å². The molecule has 3 heteroatoms. The molecule has 0 radical (unpaired) electrons. The van der Waals surface area contributed by atoms with Crippen LogP contribution in [0.3, 0.4) is 0 Å². The van der Waals surface area contributed by atoms with E-state index in [0.717, 1.165) is 19.0 Å². The summed E-state index contributed by atoms with van der Waals surface area (Å²) >= 11 is 0. The molecule has 1 heterocycles. The Kier molecular flexibility index (Phi) is 5.58. The molecule has 15 heavy (non-hydrogen) atoms. The maximum atomic E-state index is 5.31. The van der Waals surface area contributed by atoms with Gasteiger partial charge in [-0.2, -0.15) is 0 Å². The average Bonchev–Trinajstić information content (AvgIpc) is 2.22. The van der Waals surface area contributed by atoms with Gasteiger partial charge in [-0.05, 0) is 32.4 Å². The lowest BCUT2D eigenvalue weighted by molar-refractivity contribution is 0.0538. The van der Waals surface area contributed by atoms with Gasteiger partial charge in [-0.25, -0.2) is 0 Å². The molecule has 1 aliphatic heterocycles. The molecule has 0 saturated carbocycles. The largest absolute Gasteiger partial charge is 0.380 e. The smallest absolute Gasteiger partial charge is 0.0670 e. The van der Waals surface area contributed by atoms with Crippen molar-refractivity contribution in [3.05, 3.63) is 0 Å². The molecular formula is C12H26N2O. The maximum Gasteiger partial charge on any atom is 0.0670 e. The fraction of sp³-hybridized carbons (Fsp3) is 1.00. The second kappa shape index (κ2) is 6.46. The van der Waals surface area contributed by atoms with E-state index in [0.29, 0.717) is 12.1 Å². The molecule has 1 fully saturated rings. The van der Waals surface area contributed by atoms with Crippen LogP contribution in [-0.4, -0.2) is 50.3 Å². The summed E-state index contributed by atoms with van der Waals surface area (Å²) in [5, 5.41) is 3.56. The molecule has 90 valence electrons. The second-order valence-corrected chi connectivity index (χ2v) is 4.74. The monoisotopic (exact) mass is 214 g/mol. The van der Waals surface area contributed by atoms with E-state index < -0.39 is 0 Å². The Balaban J connectivity index is 2.30. The van der Waals surface area contributed by atoms with Gasteiger partial charge >= 0.3 is 0 Å². The van der Waals surface area contributed by atoms with Crippen LogP contribution in [0.2, 0.25) is 0 Å². The Morgan fingerprint density at radius 3 is 2.80 bits per heavy atom. The lowest BCUT2D eigenvalue weighted by Crippen LogP contribution is -2.49. The highest BCUT2D eigenvalue weighted by molar-refractivity contribution is 4.83. The Bertz CT molecular complexity index is 175. The summed E-state index contributed by atoms with van der Waals surface area (Å²) in [6.07, 6.45) is 1.62. The van der Waals surface area contributed by atoms with Gasteiger partial charge < -0.3 is 15.0 Å². The molecule has 1 saturated heterocycles.